The standard InChI is InChI=1S/C28H26FNO3/c1-3-32-27-15-11-23(28(31)30-19(2)20-8-12-25(29)13-9-20)16-24(27)18-33-26-14-10-21-6-4-5-7-22(21)17-26/h4-17,19H,3,18H2,1-2H3,(H,30,31)/t19-/m1/s1. The Morgan fingerprint density at radius 3 is 2.42 bits per heavy atom. The maximum atomic E-state index is 13.2. The quantitative estimate of drug-likeness (QED) is 0.341. The number of halogens is 1. The fourth-order valence-corrected chi connectivity index (χ4v) is 3.66. The molecule has 0 spiro atoms. The summed E-state index contributed by atoms with van der Waals surface area (Å²) >= 11 is 0. The lowest BCUT2D eigenvalue weighted by molar-refractivity contribution is 0.0939. The van der Waals surface area contributed by atoms with Crippen molar-refractivity contribution in [2.75, 3.05) is 6.61 Å². The van der Waals surface area contributed by atoms with E-state index in [4.69, 9.17) is 9.47 Å². The number of fused-ring (bicyclic) bond motifs is 1. The van der Waals surface area contributed by atoms with Crippen molar-refractivity contribution in [2.24, 2.45) is 0 Å². The summed E-state index contributed by atoms with van der Waals surface area (Å²) in [6, 6.07) is 25.2. The van der Waals surface area contributed by atoms with E-state index in [0.29, 0.717) is 17.9 Å². The Balaban J connectivity index is 1.50. The number of rotatable bonds is 8. The minimum absolute atomic E-state index is 0.221. The highest BCUT2D eigenvalue weighted by Gasteiger charge is 2.15. The van der Waals surface area contributed by atoms with Crippen LogP contribution in [0.15, 0.2) is 84.9 Å². The number of hydrogen-bond acceptors (Lipinski definition) is 3. The molecule has 0 aliphatic heterocycles. The van der Waals surface area contributed by atoms with Gasteiger partial charge in [0, 0.05) is 11.1 Å². The monoisotopic (exact) mass is 443 g/mol. The van der Waals surface area contributed by atoms with Crippen molar-refractivity contribution in [1.29, 1.82) is 0 Å². The topological polar surface area (TPSA) is 47.6 Å². The summed E-state index contributed by atoms with van der Waals surface area (Å²) < 4.78 is 25.0. The summed E-state index contributed by atoms with van der Waals surface area (Å²) in [6.07, 6.45) is 0. The van der Waals surface area contributed by atoms with Gasteiger partial charge in [0.1, 0.15) is 23.9 Å². The Morgan fingerprint density at radius 1 is 0.909 bits per heavy atom. The Morgan fingerprint density at radius 2 is 1.67 bits per heavy atom. The lowest BCUT2D eigenvalue weighted by atomic mass is 10.1. The van der Waals surface area contributed by atoms with Crippen LogP contribution in [-0.2, 0) is 6.61 Å². The van der Waals surface area contributed by atoms with Crippen LogP contribution in [0.2, 0.25) is 0 Å². The van der Waals surface area contributed by atoms with Gasteiger partial charge in [-0.2, -0.15) is 0 Å². The van der Waals surface area contributed by atoms with Crippen molar-refractivity contribution < 1.29 is 18.7 Å². The van der Waals surface area contributed by atoms with Crippen LogP contribution >= 0.6 is 0 Å². The second kappa shape index (κ2) is 10.2. The predicted octanol–water partition coefficient (Wildman–Crippen LogP) is 6.45. The van der Waals surface area contributed by atoms with Crippen LogP contribution in [0.25, 0.3) is 10.8 Å². The highest BCUT2D eigenvalue weighted by Crippen LogP contribution is 2.25. The summed E-state index contributed by atoms with van der Waals surface area (Å²) in [5, 5.41) is 5.21. The van der Waals surface area contributed by atoms with Gasteiger partial charge in [-0.25, -0.2) is 4.39 Å². The van der Waals surface area contributed by atoms with E-state index in [9.17, 15) is 9.18 Å². The molecular weight excluding hydrogens is 417 g/mol. The number of amides is 1. The van der Waals surface area contributed by atoms with Crippen LogP contribution in [-0.4, -0.2) is 12.5 Å². The van der Waals surface area contributed by atoms with Crippen molar-refractivity contribution in [3.05, 3.63) is 107 Å². The number of carbonyl (C=O) groups excluding carboxylic acids is 1. The lowest BCUT2D eigenvalue weighted by Crippen LogP contribution is -2.26. The Labute approximate surface area is 193 Å². The van der Waals surface area contributed by atoms with E-state index in [2.05, 4.69) is 11.4 Å². The minimum atomic E-state index is -0.306. The summed E-state index contributed by atoms with van der Waals surface area (Å²) in [4.78, 5) is 12.9. The van der Waals surface area contributed by atoms with E-state index in [-0.39, 0.29) is 24.4 Å². The molecule has 1 amide bonds. The number of benzene rings is 4. The smallest absolute Gasteiger partial charge is 0.251 e. The molecule has 1 atom stereocenters. The molecule has 0 heterocycles. The van der Waals surface area contributed by atoms with Crippen molar-refractivity contribution >= 4 is 16.7 Å². The van der Waals surface area contributed by atoms with Gasteiger partial charge in [-0.1, -0.05) is 42.5 Å². The molecule has 168 valence electrons. The minimum Gasteiger partial charge on any atom is -0.493 e. The molecule has 4 aromatic rings. The largest absolute Gasteiger partial charge is 0.493 e. The molecule has 0 bridgehead atoms. The van der Waals surface area contributed by atoms with Crippen molar-refractivity contribution in [3.63, 3.8) is 0 Å². The zero-order valence-corrected chi connectivity index (χ0v) is 18.7. The van der Waals surface area contributed by atoms with Gasteiger partial charge in [-0.15, -0.1) is 0 Å². The van der Waals surface area contributed by atoms with Crippen LogP contribution in [0.5, 0.6) is 11.5 Å². The third kappa shape index (κ3) is 5.50. The molecule has 33 heavy (non-hydrogen) atoms. The second-order valence-electron chi connectivity index (χ2n) is 7.80. The van der Waals surface area contributed by atoms with Gasteiger partial charge < -0.3 is 14.8 Å². The maximum Gasteiger partial charge on any atom is 0.251 e. The van der Waals surface area contributed by atoms with Gasteiger partial charge in [0.05, 0.1) is 12.6 Å². The normalized spacial score (nSPS) is 11.7. The molecule has 0 aromatic heterocycles. The van der Waals surface area contributed by atoms with E-state index >= 15 is 0 Å². The first-order valence-electron chi connectivity index (χ1n) is 11.0. The third-order valence-corrected chi connectivity index (χ3v) is 5.46. The Bertz CT molecular complexity index is 1250. The zero-order chi connectivity index (χ0) is 23.2. The van der Waals surface area contributed by atoms with Gasteiger partial charge in [0.2, 0.25) is 0 Å². The molecule has 0 fully saturated rings. The number of carbonyl (C=O) groups is 1. The molecule has 1 N–H and O–H groups in total. The van der Waals surface area contributed by atoms with E-state index in [1.54, 1.807) is 30.3 Å². The van der Waals surface area contributed by atoms with E-state index in [1.165, 1.54) is 12.1 Å². The number of nitrogens with one attached hydrogen (secondary N) is 1. The Kier molecular flexibility index (Phi) is 6.89. The average molecular weight is 444 g/mol. The van der Waals surface area contributed by atoms with Gasteiger partial charge in [-0.3, -0.25) is 4.79 Å². The zero-order valence-electron chi connectivity index (χ0n) is 18.7. The average Bonchev–Trinajstić information content (AvgIpc) is 2.83. The van der Waals surface area contributed by atoms with Crippen LogP contribution in [0.3, 0.4) is 0 Å². The van der Waals surface area contributed by atoms with Crippen LogP contribution < -0.4 is 14.8 Å². The van der Waals surface area contributed by atoms with Gasteiger partial charge in [0.15, 0.2) is 0 Å². The SMILES string of the molecule is CCOc1ccc(C(=O)N[C@H](C)c2ccc(F)cc2)cc1COc1ccc2ccccc2c1. The van der Waals surface area contributed by atoms with Crippen LogP contribution in [0.4, 0.5) is 4.39 Å². The van der Waals surface area contributed by atoms with Gasteiger partial charge >= 0.3 is 0 Å². The lowest BCUT2D eigenvalue weighted by Gasteiger charge is -2.16. The van der Waals surface area contributed by atoms with Crippen molar-refractivity contribution in [2.45, 2.75) is 26.5 Å². The molecule has 0 aliphatic carbocycles. The van der Waals surface area contributed by atoms with E-state index < -0.39 is 0 Å². The number of ether oxygens (including phenoxy) is 2. The molecule has 0 saturated heterocycles. The van der Waals surface area contributed by atoms with Crippen LogP contribution in [0, 0.1) is 5.82 Å². The van der Waals surface area contributed by atoms with Crippen molar-refractivity contribution in [3.8, 4) is 11.5 Å². The number of hydrogen-bond donors (Lipinski definition) is 1. The van der Waals surface area contributed by atoms with E-state index in [0.717, 1.165) is 27.6 Å². The van der Waals surface area contributed by atoms with Crippen molar-refractivity contribution in [1.82, 2.24) is 5.32 Å². The third-order valence-electron chi connectivity index (χ3n) is 5.46. The maximum absolute atomic E-state index is 13.2. The summed E-state index contributed by atoms with van der Waals surface area (Å²) in [5.41, 5.74) is 2.12. The molecule has 0 radical (unpaired) electrons. The molecular formula is C28H26FNO3. The first-order chi connectivity index (χ1) is 16.0. The predicted molar refractivity (Wildman–Crippen MR) is 128 cm³/mol. The fourth-order valence-electron chi connectivity index (χ4n) is 3.66. The molecule has 4 aromatic carbocycles. The first kappa shape index (κ1) is 22.3. The fraction of sp³-hybridized carbons (Fsp3) is 0.179. The van der Waals surface area contributed by atoms with Gasteiger partial charge in [-0.05, 0) is 72.6 Å². The molecule has 0 aliphatic rings. The molecule has 0 saturated carbocycles. The molecule has 4 rings (SSSR count). The highest BCUT2D eigenvalue weighted by atomic mass is 19.1. The van der Waals surface area contributed by atoms with Crippen LogP contribution in [0.1, 0.15) is 41.4 Å². The van der Waals surface area contributed by atoms with Gasteiger partial charge in [0.25, 0.3) is 5.91 Å². The summed E-state index contributed by atoms with van der Waals surface area (Å²) in [6.45, 7) is 4.56. The molecule has 0 unspecified atom stereocenters. The Hall–Kier alpha value is -3.86. The highest BCUT2D eigenvalue weighted by molar-refractivity contribution is 5.94. The first-order valence-corrected chi connectivity index (χ1v) is 11.0. The summed E-state index contributed by atoms with van der Waals surface area (Å²) in [5.74, 6) is 0.902. The second-order valence-corrected chi connectivity index (χ2v) is 7.80. The van der Waals surface area contributed by atoms with E-state index in [1.807, 2.05) is 50.2 Å². The molecule has 4 nitrogen and oxygen atoms in total. The molecule has 5 heteroatoms. The summed E-state index contributed by atoms with van der Waals surface area (Å²) in [7, 11) is 0.